The molecule has 0 aliphatic rings. The number of ether oxygens (including phenoxy) is 2. The topological polar surface area (TPSA) is 59.6 Å². The van der Waals surface area contributed by atoms with Gasteiger partial charge in [-0.05, 0) is 58.9 Å². The molecule has 2 N–H and O–H groups in total. The zero-order chi connectivity index (χ0) is 17.3. The summed E-state index contributed by atoms with van der Waals surface area (Å²) in [7, 11) is 1.95. The van der Waals surface area contributed by atoms with E-state index in [9.17, 15) is 4.79 Å². The summed E-state index contributed by atoms with van der Waals surface area (Å²) in [4.78, 5) is 11.6. The molecule has 130 valence electrons. The lowest BCUT2D eigenvalue weighted by molar-refractivity contribution is -0.127. The van der Waals surface area contributed by atoms with Gasteiger partial charge < -0.3 is 20.1 Å². The van der Waals surface area contributed by atoms with Crippen molar-refractivity contribution in [1.29, 1.82) is 0 Å². The Morgan fingerprint density at radius 2 is 1.87 bits per heavy atom. The van der Waals surface area contributed by atoms with Gasteiger partial charge >= 0.3 is 0 Å². The lowest BCUT2D eigenvalue weighted by Crippen LogP contribution is -2.37. The van der Waals surface area contributed by atoms with E-state index in [4.69, 9.17) is 9.47 Å². The van der Waals surface area contributed by atoms with Crippen molar-refractivity contribution in [3.8, 4) is 5.75 Å². The Balaban J connectivity index is 2.32. The average molecular weight is 322 g/mol. The summed E-state index contributed by atoms with van der Waals surface area (Å²) in [6.07, 6.45) is 0.988. The van der Waals surface area contributed by atoms with Gasteiger partial charge in [0.25, 0.3) is 0 Å². The highest BCUT2D eigenvalue weighted by Gasteiger charge is 2.14. The van der Waals surface area contributed by atoms with E-state index < -0.39 is 0 Å². The van der Waals surface area contributed by atoms with E-state index in [2.05, 4.69) is 24.5 Å². The first-order chi connectivity index (χ1) is 10.8. The molecule has 5 nitrogen and oxygen atoms in total. The van der Waals surface area contributed by atoms with Crippen LogP contribution in [0, 0.1) is 0 Å². The summed E-state index contributed by atoms with van der Waals surface area (Å²) in [5, 5.41) is 6.08. The summed E-state index contributed by atoms with van der Waals surface area (Å²) in [5.74, 6) is 0.739. The largest absolute Gasteiger partial charge is 0.494 e. The van der Waals surface area contributed by atoms with Gasteiger partial charge in [0.15, 0.2) is 0 Å². The minimum absolute atomic E-state index is 0.0602. The van der Waals surface area contributed by atoms with Crippen LogP contribution in [0.2, 0.25) is 0 Å². The number of hydrogen-bond donors (Lipinski definition) is 2. The van der Waals surface area contributed by atoms with Crippen molar-refractivity contribution >= 4 is 5.91 Å². The average Bonchev–Trinajstić information content (AvgIpc) is 2.52. The fourth-order valence-corrected chi connectivity index (χ4v) is 1.75. The first-order valence-corrected chi connectivity index (χ1v) is 8.11. The molecule has 1 rings (SSSR count). The molecular weight excluding hydrogens is 292 g/mol. The zero-order valence-corrected chi connectivity index (χ0v) is 14.9. The maximum atomic E-state index is 11.6. The molecule has 0 unspecified atom stereocenters. The molecule has 0 aromatic heterocycles. The summed E-state index contributed by atoms with van der Waals surface area (Å²) < 4.78 is 11.0. The SMILES string of the molecule is CNC(C)(C)CCOc1ccc(CNC(=O)COC(C)C)cc1. The Morgan fingerprint density at radius 3 is 2.43 bits per heavy atom. The number of carbonyl (C=O) groups is 1. The van der Waals surface area contributed by atoms with Gasteiger partial charge in [0.1, 0.15) is 12.4 Å². The zero-order valence-electron chi connectivity index (χ0n) is 14.9. The molecule has 0 spiro atoms. The number of hydrogen-bond acceptors (Lipinski definition) is 4. The first kappa shape index (κ1) is 19.5. The molecule has 0 aliphatic heterocycles. The van der Waals surface area contributed by atoms with Gasteiger partial charge in [-0.1, -0.05) is 12.1 Å². The van der Waals surface area contributed by atoms with Crippen LogP contribution in [0.5, 0.6) is 5.75 Å². The van der Waals surface area contributed by atoms with Crippen molar-refractivity contribution < 1.29 is 14.3 Å². The fourth-order valence-electron chi connectivity index (χ4n) is 1.75. The highest BCUT2D eigenvalue weighted by molar-refractivity contribution is 5.77. The van der Waals surface area contributed by atoms with Gasteiger partial charge in [0.05, 0.1) is 12.7 Å². The summed E-state index contributed by atoms with van der Waals surface area (Å²) in [6, 6.07) is 7.78. The van der Waals surface area contributed by atoms with Crippen LogP contribution in [0.1, 0.15) is 39.7 Å². The second-order valence-electron chi connectivity index (χ2n) is 6.51. The van der Waals surface area contributed by atoms with Gasteiger partial charge in [0, 0.05) is 12.1 Å². The molecule has 0 bridgehead atoms. The number of rotatable bonds is 10. The van der Waals surface area contributed by atoms with Gasteiger partial charge in [0.2, 0.25) is 5.91 Å². The lowest BCUT2D eigenvalue weighted by atomic mass is 10.0. The van der Waals surface area contributed by atoms with Crippen molar-refractivity contribution in [3.63, 3.8) is 0 Å². The van der Waals surface area contributed by atoms with E-state index in [1.54, 1.807) is 0 Å². The number of benzene rings is 1. The highest BCUT2D eigenvalue weighted by Crippen LogP contribution is 2.14. The van der Waals surface area contributed by atoms with Crippen molar-refractivity contribution in [2.75, 3.05) is 20.3 Å². The summed E-state index contributed by atoms with van der Waals surface area (Å²) in [5.41, 5.74) is 1.10. The summed E-state index contributed by atoms with van der Waals surface area (Å²) in [6.45, 7) is 9.35. The van der Waals surface area contributed by atoms with E-state index >= 15 is 0 Å². The van der Waals surface area contributed by atoms with E-state index in [-0.39, 0.29) is 24.2 Å². The molecule has 0 heterocycles. The van der Waals surface area contributed by atoms with E-state index in [0.717, 1.165) is 17.7 Å². The quantitative estimate of drug-likeness (QED) is 0.695. The minimum atomic E-state index is -0.103. The Hall–Kier alpha value is -1.59. The third kappa shape index (κ3) is 8.57. The van der Waals surface area contributed by atoms with E-state index in [1.807, 2.05) is 45.2 Å². The monoisotopic (exact) mass is 322 g/mol. The van der Waals surface area contributed by atoms with Crippen molar-refractivity contribution in [2.24, 2.45) is 0 Å². The Bertz CT molecular complexity index is 470. The fraction of sp³-hybridized carbons (Fsp3) is 0.611. The predicted molar refractivity (Wildman–Crippen MR) is 92.6 cm³/mol. The molecule has 5 heteroatoms. The van der Waals surface area contributed by atoms with E-state index in [1.165, 1.54) is 0 Å². The normalized spacial score (nSPS) is 11.6. The second kappa shape index (κ2) is 9.53. The minimum Gasteiger partial charge on any atom is -0.494 e. The number of amides is 1. The van der Waals surface area contributed by atoms with Crippen LogP contribution in [-0.2, 0) is 16.1 Å². The molecule has 0 aliphatic carbocycles. The molecule has 0 saturated carbocycles. The van der Waals surface area contributed by atoms with Gasteiger partial charge in [-0.25, -0.2) is 0 Å². The lowest BCUT2D eigenvalue weighted by Gasteiger charge is -2.23. The predicted octanol–water partition coefficient (Wildman–Crippen LogP) is 2.49. The number of carbonyl (C=O) groups excluding carboxylic acids is 1. The third-order valence-corrected chi connectivity index (χ3v) is 3.63. The molecule has 0 atom stereocenters. The van der Waals surface area contributed by atoms with Crippen LogP contribution in [0.3, 0.4) is 0 Å². The molecule has 0 radical (unpaired) electrons. The van der Waals surface area contributed by atoms with Gasteiger partial charge in [-0.15, -0.1) is 0 Å². The maximum absolute atomic E-state index is 11.6. The smallest absolute Gasteiger partial charge is 0.246 e. The molecule has 0 saturated heterocycles. The molecule has 1 amide bonds. The highest BCUT2D eigenvalue weighted by atomic mass is 16.5. The van der Waals surface area contributed by atoms with Crippen molar-refractivity contribution in [3.05, 3.63) is 29.8 Å². The van der Waals surface area contributed by atoms with Crippen LogP contribution in [-0.4, -0.2) is 37.8 Å². The standard InChI is InChI=1S/C18H30N2O3/c1-14(2)23-13-17(21)20-12-15-6-8-16(9-7-15)22-11-10-18(3,4)19-5/h6-9,14,19H,10-13H2,1-5H3,(H,20,21). The number of nitrogens with one attached hydrogen (secondary N) is 2. The van der Waals surface area contributed by atoms with Crippen LogP contribution in [0.15, 0.2) is 24.3 Å². The Labute approximate surface area is 139 Å². The van der Waals surface area contributed by atoms with Crippen LogP contribution >= 0.6 is 0 Å². The molecule has 1 aromatic carbocycles. The van der Waals surface area contributed by atoms with Crippen LogP contribution in [0.25, 0.3) is 0 Å². The van der Waals surface area contributed by atoms with Crippen molar-refractivity contribution in [1.82, 2.24) is 10.6 Å². The Kier molecular flexibility index (Phi) is 8.06. The van der Waals surface area contributed by atoms with E-state index in [0.29, 0.717) is 13.2 Å². The molecule has 1 aromatic rings. The van der Waals surface area contributed by atoms with Crippen LogP contribution in [0.4, 0.5) is 0 Å². The summed E-state index contributed by atoms with van der Waals surface area (Å²) >= 11 is 0. The Morgan fingerprint density at radius 1 is 1.22 bits per heavy atom. The van der Waals surface area contributed by atoms with Crippen molar-refractivity contribution in [2.45, 2.75) is 52.3 Å². The molecular formula is C18H30N2O3. The van der Waals surface area contributed by atoms with Crippen LogP contribution < -0.4 is 15.4 Å². The van der Waals surface area contributed by atoms with Gasteiger partial charge in [-0.3, -0.25) is 4.79 Å². The maximum Gasteiger partial charge on any atom is 0.246 e. The van der Waals surface area contributed by atoms with Gasteiger partial charge in [-0.2, -0.15) is 0 Å². The first-order valence-electron chi connectivity index (χ1n) is 8.11. The second-order valence-corrected chi connectivity index (χ2v) is 6.51. The molecule has 0 fully saturated rings. The third-order valence-electron chi connectivity index (χ3n) is 3.63. The molecule has 23 heavy (non-hydrogen) atoms.